The summed E-state index contributed by atoms with van der Waals surface area (Å²) in [6.07, 6.45) is 2.59. The molecule has 4 heteroatoms. The molecule has 0 aliphatic carbocycles. The maximum Gasteiger partial charge on any atom is 0.243 e. The van der Waals surface area contributed by atoms with Crippen LogP contribution in [0.5, 0.6) is 0 Å². The van der Waals surface area contributed by atoms with Gasteiger partial charge < -0.3 is 15.6 Å². The van der Waals surface area contributed by atoms with Crippen LogP contribution in [0.25, 0.3) is 0 Å². The topological polar surface area (TPSA) is 72.6 Å². The molecule has 0 aliphatic rings. The van der Waals surface area contributed by atoms with E-state index in [1.165, 1.54) is 0 Å². The number of primary amides is 1. The van der Waals surface area contributed by atoms with Gasteiger partial charge >= 0.3 is 0 Å². The normalized spacial score (nSPS) is 8.85. The molecular formula is C9H23NO3. The maximum absolute atomic E-state index is 10.1. The van der Waals surface area contributed by atoms with Gasteiger partial charge in [-0.3, -0.25) is 4.79 Å². The van der Waals surface area contributed by atoms with Crippen molar-refractivity contribution in [1.29, 1.82) is 0 Å². The van der Waals surface area contributed by atoms with Crippen molar-refractivity contribution in [3.63, 3.8) is 0 Å². The van der Waals surface area contributed by atoms with Gasteiger partial charge in [-0.1, -0.05) is 13.8 Å². The van der Waals surface area contributed by atoms with Crippen LogP contribution in [-0.4, -0.2) is 30.8 Å². The minimum Gasteiger partial charge on any atom is -0.396 e. The lowest BCUT2D eigenvalue weighted by molar-refractivity contribution is -0.122. The van der Waals surface area contributed by atoms with Crippen molar-refractivity contribution >= 4 is 5.91 Å². The highest BCUT2D eigenvalue weighted by Crippen LogP contribution is 1.93. The van der Waals surface area contributed by atoms with Crippen molar-refractivity contribution in [2.24, 2.45) is 5.73 Å². The minimum absolute atomic E-state index is 0. The highest BCUT2D eigenvalue weighted by molar-refractivity contribution is 5.74. The second-order valence-corrected chi connectivity index (χ2v) is 2.30. The number of hydrogen-bond acceptors (Lipinski definition) is 3. The van der Waals surface area contributed by atoms with Gasteiger partial charge in [-0.25, -0.2) is 0 Å². The van der Waals surface area contributed by atoms with Crippen LogP contribution < -0.4 is 5.73 Å². The fourth-order valence-electron chi connectivity index (χ4n) is 0.665. The van der Waals surface area contributed by atoms with Crippen molar-refractivity contribution in [3.05, 3.63) is 0 Å². The number of carbonyl (C=O) groups excluding carboxylic acids is 1. The molecule has 13 heavy (non-hydrogen) atoms. The van der Waals surface area contributed by atoms with Crippen LogP contribution in [0.3, 0.4) is 0 Å². The molecule has 0 aromatic heterocycles. The number of rotatable bonds is 7. The molecule has 0 radical (unpaired) electrons. The molecule has 3 N–H and O–H groups in total. The van der Waals surface area contributed by atoms with Crippen LogP contribution in [-0.2, 0) is 9.53 Å². The van der Waals surface area contributed by atoms with Gasteiger partial charge in [0.1, 0.15) is 6.61 Å². The van der Waals surface area contributed by atoms with Crippen LogP contribution >= 0.6 is 0 Å². The van der Waals surface area contributed by atoms with Gasteiger partial charge in [0.2, 0.25) is 5.91 Å². The molecule has 1 amide bonds. The van der Waals surface area contributed by atoms with Crippen LogP contribution in [0.1, 0.15) is 34.5 Å². The summed E-state index contributed by atoms with van der Waals surface area (Å²) in [5.74, 6) is -0.438. The SMILES string of the molecule is CC.NC(=O)COCCCCCO.[HH]. The second kappa shape index (κ2) is 13.9. The summed E-state index contributed by atoms with van der Waals surface area (Å²) in [5, 5.41) is 8.40. The molecule has 0 bridgehead atoms. The summed E-state index contributed by atoms with van der Waals surface area (Å²) in [7, 11) is 0. The first-order chi connectivity index (χ1) is 6.27. The number of unbranched alkanes of at least 4 members (excludes halogenated alkanes) is 2. The Morgan fingerprint density at radius 1 is 1.38 bits per heavy atom. The fraction of sp³-hybridized carbons (Fsp3) is 0.889. The quantitative estimate of drug-likeness (QED) is 0.591. The zero-order valence-electron chi connectivity index (χ0n) is 8.58. The smallest absolute Gasteiger partial charge is 0.243 e. The molecule has 0 rings (SSSR count). The largest absolute Gasteiger partial charge is 0.396 e. The van der Waals surface area contributed by atoms with Gasteiger partial charge in [-0.2, -0.15) is 0 Å². The van der Waals surface area contributed by atoms with Crippen molar-refractivity contribution in [2.45, 2.75) is 33.1 Å². The summed E-state index contributed by atoms with van der Waals surface area (Å²) in [4.78, 5) is 10.1. The monoisotopic (exact) mass is 193 g/mol. The van der Waals surface area contributed by atoms with E-state index in [0.29, 0.717) is 6.61 Å². The Bertz CT molecular complexity index is 112. The van der Waals surface area contributed by atoms with E-state index in [-0.39, 0.29) is 14.6 Å². The number of ether oxygens (including phenoxy) is 1. The second-order valence-electron chi connectivity index (χ2n) is 2.30. The predicted octanol–water partition coefficient (Wildman–Crippen LogP) is 0.923. The highest BCUT2D eigenvalue weighted by Gasteiger charge is 1.92. The molecule has 0 heterocycles. The third kappa shape index (κ3) is 18.4. The van der Waals surface area contributed by atoms with Gasteiger partial charge in [0.25, 0.3) is 0 Å². The van der Waals surface area contributed by atoms with Crippen molar-refractivity contribution in [1.82, 2.24) is 0 Å². The van der Waals surface area contributed by atoms with E-state index in [1.807, 2.05) is 13.8 Å². The van der Waals surface area contributed by atoms with Gasteiger partial charge in [-0.15, -0.1) is 0 Å². The molecular weight excluding hydrogens is 170 g/mol. The highest BCUT2D eigenvalue weighted by atomic mass is 16.5. The number of amides is 1. The number of aliphatic hydroxyl groups is 1. The lowest BCUT2D eigenvalue weighted by Gasteiger charge is -1.99. The van der Waals surface area contributed by atoms with Gasteiger partial charge in [0, 0.05) is 14.6 Å². The van der Waals surface area contributed by atoms with Crippen molar-refractivity contribution in [3.8, 4) is 0 Å². The molecule has 0 atom stereocenters. The summed E-state index contributed by atoms with van der Waals surface area (Å²) < 4.78 is 4.89. The molecule has 0 fully saturated rings. The predicted molar refractivity (Wildman–Crippen MR) is 54.4 cm³/mol. The Labute approximate surface area is 81.6 Å². The van der Waals surface area contributed by atoms with Crippen molar-refractivity contribution in [2.75, 3.05) is 19.8 Å². The van der Waals surface area contributed by atoms with E-state index in [0.717, 1.165) is 19.3 Å². The summed E-state index contributed by atoms with van der Waals surface area (Å²) in [6.45, 7) is 4.76. The first kappa shape index (κ1) is 14.9. The molecule has 0 aromatic carbocycles. The first-order valence-electron chi connectivity index (χ1n) is 4.74. The summed E-state index contributed by atoms with van der Waals surface area (Å²) in [6, 6.07) is 0. The Morgan fingerprint density at radius 2 is 2.00 bits per heavy atom. The molecule has 0 aromatic rings. The average molecular weight is 193 g/mol. The van der Waals surface area contributed by atoms with E-state index < -0.39 is 5.91 Å². The minimum atomic E-state index is -0.438. The van der Waals surface area contributed by atoms with Gasteiger partial charge in [-0.05, 0) is 19.3 Å². The zero-order valence-corrected chi connectivity index (χ0v) is 8.58. The number of hydrogen-bond donors (Lipinski definition) is 2. The van der Waals surface area contributed by atoms with Crippen LogP contribution in [0.4, 0.5) is 0 Å². The van der Waals surface area contributed by atoms with E-state index in [9.17, 15) is 4.79 Å². The zero-order chi connectivity index (χ0) is 10.5. The number of aliphatic hydroxyl groups excluding tert-OH is 1. The maximum atomic E-state index is 10.1. The van der Waals surface area contributed by atoms with Gasteiger partial charge in [0.15, 0.2) is 0 Å². The molecule has 0 saturated carbocycles. The van der Waals surface area contributed by atoms with E-state index in [2.05, 4.69) is 0 Å². The Morgan fingerprint density at radius 3 is 2.46 bits per heavy atom. The molecule has 0 saturated heterocycles. The third-order valence-corrected chi connectivity index (χ3v) is 1.19. The summed E-state index contributed by atoms with van der Waals surface area (Å²) in [5.41, 5.74) is 4.83. The summed E-state index contributed by atoms with van der Waals surface area (Å²) >= 11 is 0. The molecule has 4 nitrogen and oxygen atoms in total. The third-order valence-electron chi connectivity index (χ3n) is 1.19. The molecule has 0 aliphatic heterocycles. The molecule has 0 unspecified atom stereocenters. The Balaban J connectivity index is -0.000000376. The number of nitrogens with two attached hydrogens (primary N) is 1. The van der Waals surface area contributed by atoms with Crippen LogP contribution in [0, 0.1) is 0 Å². The van der Waals surface area contributed by atoms with E-state index in [1.54, 1.807) is 0 Å². The Kier molecular flexibility index (Phi) is 16.0. The molecule has 0 spiro atoms. The standard InChI is InChI=1S/C7H15NO3.C2H6.H2/c8-7(10)6-11-5-3-1-2-4-9;1-2;/h9H,1-6H2,(H2,8,10);1-2H3;1H. The lowest BCUT2D eigenvalue weighted by atomic mass is 10.2. The number of carbonyl (C=O) groups is 1. The average Bonchev–Trinajstić information content (AvgIpc) is 2.14. The van der Waals surface area contributed by atoms with E-state index in [4.69, 9.17) is 15.6 Å². The van der Waals surface area contributed by atoms with Crippen LogP contribution in [0.15, 0.2) is 0 Å². The van der Waals surface area contributed by atoms with E-state index >= 15 is 0 Å². The van der Waals surface area contributed by atoms with Crippen molar-refractivity contribution < 1.29 is 16.1 Å². The first-order valence-corrected chi connectivity index (χ1v) is 4.74. The lowest BCUT2D eigenvalue weighted by Crippen LogP contribution is -2.18. The molecule has 82 valence electrons. The van der Waals surface area contributed by atoms with Crippen LogP contribution in [0.2, 0.25) is 0 Å². The Hall–Kier alpha value is -0.610. The fourth-order valence-corrected chi connectivity index (χ4v) is 0.665. The van der Waals surface area contributed by atoms with Gasteiger partial charge in [0.05, 0.1) is 0 Å².